The van der Waals surface area contributed by atoms with Gasteiger partial charge in [0, 0.05) is 12.0 Å². The average Bonchev–Trinajstić information content (AvgIpc) is 2.52. The van der Waals surface area contributed by atoms with Crippen molar-refractivity contribution in [1.29, 1.82) is 0 Å². The molecule has 2 rings (SSSR count). The van der Waals surface area contributed by atoms with E-state index in [4.69, 9.17) is 10.5 Å². The second kappa shape index (κ2) is 7.35. The lowest BCUT2D eigenvalue weighted by Gasteiger charge is -2.43. The fourth-order valence-corrected chi connectivity index (χ4v) is 3.53. The van der Waals surface area contributed by atoms with Crippen molar-refractivity contribution in [3.63, 3.8) is 0 Å². The van der Waals surface area contributed by atoms with Crippen molar-refractivity contribution in [3.8, 4) is 0 Å². The Morgan fingerprint density at radius 1 is 1.22 bits per heavy atom. The number of hydrogen-bond donors (Lipinski definition) is 2. The predicted octanol–water partition coefficient (Wildman–Crippen LogP) is 4.16. The van der Waals surface area contributed by atoms with E-state index >= 15 is 0 Å². The summed E-state index contributed by atoms with van der Waals surface area (Å²) in [4.78, 5) is 12.4. The van der Waals surface area contributed by atoms with Crippen molar-refractivity contribution in [3.05, 3.63) is 35.9 Å². The monoisotopic (exact) mass is 318 g/mol. The third kappa shape index (κ3) is 4.71. The number of carbonyl (C=O) groups is 1. The number of carbonyl (C=O) groups excluding carboxylic acids is 1. The topological polar surface area (TPSA) is 64.3 Å². The third-order valence-corrected chi connectivity index (χ3v) is 4.66. The zero-order valence-electron chi connectivity index (χ0n) is 14.6. The molecule has 4 heteroatoms. The molecule has 0 spiro atoms. The molecule has 1 aliphatic carbocycles. The summed E-state index contributed by atoms with van der Waals surface area (Å²) in [6.07, 6.45) is 5.28. The molecule has 0 aliphatic heterocycles. The van der Waals surface area contributed by atoms with E-state index in [0.717, 1.165) is 31.2 Å². The highest BCUT2D eigenvalue weighted by atomic mass is 16.6. The van der Waals surface area contributed by atoms with Crippen LogP contribution in [0.2, 0.25) is 0 Å². The molecule has 1 fully saturated rings. The Morgan fingerprint density at radius 3 is 2.35 bits per heavy atom. The smallest absolute Gasteiger partial charge is 0.408 e. The van der Waals surface area contributed by atoms with Crippen molar-refractivity contribution in [1.82, 2.24) is 5.32 Å². The van der Waals surface area contributed by atoms with Crippen LogP contribution in [0.25, 0.3) is 0 Å². The number of amides is 1. The van der Waals surface area contributed by atoms with Gasteiger partial charge in [0.15, 0.2) is 0 Å². The minimum atomic E-state index is -0.506. The highest BCUT2D eigenvalue weighted by molar-refractivity contribution is 5.68. The van der Waals surface area contributed by atoms with Crippen molar-refractivity contribution in [2.45, 2.75) is 64.5 Å². The minimum Gasteiger partial charge on any atom is -0.444 e. The van der Waals surface area contributed by atoms with Gasteiger partial charge in [0.2, 0.25) is 0 Å². The van der Waals surface area contributed by atoms with E-state index < -0.39 is 5.60 Å². The summed E-state index contributed by atoms with van der Waals surface area (Å²) in [5.74, 6) is 0. The summed E-state index contributed by atoms with van der Waals surface area (Å²) in [6.45, 7) is 6.21. The van der Waals surface area contributed by atoms with Crippen LogP contribution in [0.5, 0.6) is 0 Å². The van der Waals surface area contributed by atoms with Crippen LogP contribution < -0.4 is 11.1 Å². The van der Waals surface area contributed by atoms with E-state index in [1.807, 2.05) is 39.0 Å². The molecule has 1 aromatic rings. The summed E-state index contributed by atoms with van der Waals surface area (Å²) in [5, 5.41) is 3.11. The number of benzene rings is 1. The zero-order valence-corrected chi connectivity index (χ0v) is 14.6. The van der Waals surface area contributed by atoms with Crippen molar-refractivity contribution >= 4 is 6.09 Å². The minimum absolute atomic E-state index is 0.0868. The first kappa shape index (κ1) is 17.8. The van der Waals surface area contributed by atoms with E-state index in [2.05, 4.69) is 17.4 Å². The summed E-state index contributed by atoms with van der Waals surface area (Å²) >= 11 is 0. The number of rotatable bonds is 4. The van der Waals surface area contributed by atoms with Crippen LogP contribution in [0, 0.1) is 5.41 Å². The Labute approximate surface area is 139 Å². The highest BCUT2D eigenvalue weighted by Crippen LogP contribution is 2.45. The van der Waals surface area contributed by atoms with Gasteiger partial charge in [-0.3, -0.25) is 0 Å². The number of ether oxygens (including phenoxy) is 1. The summed E-state index contributed by atoms with van der Waals surface area (Å²) in [7, 11) is 0. The summed E-state index contributed by atoms with van der Waals surface area (Å²) in [5.41, 5.74) is 6.70. The van der Waals surface area contributed by atoms with Gasteiger partial charge >= 0.3 is 6.09 Å². The Bertz CT molecular complexity index is 502. The first-order valence-electron chi connectivity index (χ1n) is 8.61. The van der Waals surface area contributed by atoms with Gasteiger partial charge in [0.25, 0.3) is 0 Å². The molecule has 23 heavy (non-hydrogen) atoms. The van der Waals surface area contributed by atoms with Crippen LogP contribution in [-0.4, -0.2) is 18.2 Å². The van der Waals surface area contributed by atoms with Crippen molar-refractivity contribution < 1.29 is 9.53 Å². The van der Waals surface area contributed by atoms with Gasteiger partial charge in [-0.2, -0.15) is 0 Å². The molecule has 0 saturated heterocycles. The fourth-order valence-electron chi connectivity index (χ4n) is 3.53. The largest absolute Gasteiger partial charge is 0.444 e. The molecule has 1 amide bonds. The zero-order chi connectivity index (χ0) is 16.9. The molecule has 128 valence electrons. The highest BCUT2D eigenvalue weighted by Gasteiger charge is 2.41. The van der Waals surface area contributed by atoms with Crippen LogP contribution in [0.3, 0.4) is 0 Å². The number of nitrogens with one attached hydrogen (secondary N) is 1. The van der Waals surface area contributed by atoms with Gasteiger partial charge in [-0.15, -0.1) is 0 Å². The molecular formula is C19H30N2O2. The third-order valence-electron chi connectivity index (χ3n) is 4.66. The molecule has 0 radical (unpaired) electrons. The second-order valence-electron chi connectivity index (χ2n) is 7.62. The van der Waals surface area contributed by atoms with Crippen LogP contribution >= 0.6 is 0 Å². The molecule has 0 aromatic heterocycles. The lowest BCUT2D eigenvalue weighted by atomic mass is 9.67. The molecule has 1 aromatic carbocycles. The van der Waals surface area contributed by atoms with Gasteiger partial charge in [0.1, 0.15) is 5.60 Å². The van der Waals surface area contributed by atoms with E-state index in [9.17, 15) is 4.79 Å². The molecule has 4 nitrogen and oxygen atoms in total. The Kier molecular flexibility index (Phi) is 5.69. The Balaban J connectivity index is 2.27. The number of nitrogens with two attached hydrogens (primary N) is 1. The maximum atomic E-state index is 12.4. The van der Waals surface area contributed by atoms with E-state index in [1.54, 1.807) is 0 Å². The average molecular weight is 318 g/mol. The second-order valence-corrected chi connectivity index (χ2v) is 7.62. The van der Waals surface area contributed by atoms with E-state index in [0.29, 0.717) is 6.54 Å². The van der Waals surface area contributed by atoms with Gasteiger partial charge in [-0.05, 0) is 39.2 Å². The molecular weight excluding hydrogens is 288 g/mol. The van der Waals surface area contributed by atoms with Crippen LogP contribution in [0.1, 0.15) is 64.5 Å². The normalized spacial score (nSPS) is 19.0. The maximum absolute atomic E-state index is 12.4. The lowest BCUT2D eigenvalue weighted by Crippen LogP contribution is -2.47. The van der Waals surface area contributed by atoms with E-state index in [-0.39, 0.29) is 17.6 Å². The molecule has 1 saturated carbocycles. The van der Waals surface area contributed by atoms with Gasteiger partial charge in [0.05, 0.1) is 6.04 Å². The molecule has 1 atom stereocenters. The molecule has 0 heterocycles. The van der Waals surface area contributed by atoms with E-state index in [1.165, 1.54) is 6.42 Å². The lowest BCUT2D eigenvalue weighted by molar-refractivity contribution is 0.0401. The summed E-state index contributed by atoms with van der Waals surface area (Å²) < 4.78 is 5.48. The molecule has 1 aliphatic rings. The van der Waals surface area contributed by atoms with Gasteiger partial charge in [-0.1, -0.05) is 49.6 Å². The first-order chi connectivity index (χ1) is 10.9. The van der Waals surface area contributed by atoms with Crippen LogP contribution in [0.4, 0.5) is 4.79 Å². The van der Waals surface area contributed by atoms with Crippen molar-refractivity contribution in [2.75, 3.05) is 6.54 Å². The fraction of sp³-hybridized carbons (Fsp3) is 0.632. The predicted molar refractivity (Wildman–Crippen MR) is 93.1 cm³/mol. The standard InChI is InChI=1S/C19H30N2O2/c1-18(2,3)23-17(22)21-16(15-10-6-4-7-11-15)19(14-20)12-8-5-9-13-19/h4,6-7,10-11,16H,5,8-9,12-14,20H2,1-3H3,(H,21,22). The van der Waals surface area contributed by atoms with Crippen molar-refractivity contribution in [2.24, 2.45) is 11.1 Å². The number of alkyl carbamates (subject to hydrolysis) is 1. The van der Waals surface area contributed by atoms with Gasteiger partial charge < -0.3 is 15.8 Å². The Morgan fingerprint density at radius 2 is 1.83 bits per heavy atom. The summed E-state index contributed by atoms with van der Waals surface area (Å²) in [6, 6.07) is 10.0. The Hall–Kier alpha value is -1.55. The number of hydrogen-bond acceptors (Lipinski definition) is 3. The van der Waals surface area contributed by atoms with Crippen LogP contribution in [-0.2, 0) is 4.74 Å². The van der Waals surface area contributed by atoms with Gasteiger partial charge in [-0.25, -0.2) is 4.79 Å². The molecule has 3 N–H and O–H groups in total. The van der Waals surface area contributed by atoms with Crippen LogP contribution in [0.15, 0.2) is 30.3 Å². The quantitative estimate of drug-likeness (QED) is 0.876. The first-order valence-corrected chi connectivity index (χ1v) is 8.61. The molecule has 0 bridgehead atoms. The maximum Gasteiger partial charge on any atom is 0.408 e. The molecule has 1 unspecified atom stereocenters. The SMILES string of the molecule is CC(C)(C)OC(=O)NC(c1ccccc1)C1(CN)CCCCC1.